The van der Waals surface area contributed by atoms with Crippen LogP contribution in [-0.2, 0) is 15.8 Å². The summed E-state index contributed by atoms with van der Waals surface area (Å²) in [5.41, 5.74) is 1.39. The van der Waals surface area contributed by atoms with Crippen LogP contribution in [-0.4, -0.2) is 42.5 Å². The number of pyridine rings is 1. The quantitative estimate of drug-likeness (QED) is 0.873. The molecular formula is C14H18N2O3S. The highest BCUT2D eigenvalue weighted by Crippen LogP contribution is 2.19. The molecule has 2 rings (SSSR count). The third kappa shape index (κ3) is 3.15. The van der Waals surface area contributed by atoms with Crippen LogP contribution in [0, 0.1) is 0 Å². The Morgan fingerprint density at radius 3 is 2.70 bits per heavy atom. The highest BCUT2D eigenvalue weighted by atomic mass is 32.2. The van der Waals surface area contributed by atoms with Gasteiger partial charge in [-0.2, -0.15) is 4.31 Å². The van der Waals surface area contributed by atoms with Crippen LogP contribution in [0.5, 0.6) is 0 Å². The molecule has 108 valence electrons. The first kappa shape index (κ1) is 14.9. The van der Waals surface area contributed by atoms with Crippen LogP contribution in [0.1, 0.15) is 12.5 Å². The molecule has 0 amide bonds. The van der Waals surface area contributed by atoms with E-state index in [4.69, 9.17) is 5.11 Å². The summed E-state index contributed by atoms with van der Waals surface area (Å²) in [7, 11) is -3.45. The second-order valence-electron chi connectivity index (χ2n) is 4.46. The molecule has 20 heavy (non-hydrogen) atoms. The van der Waals surface area contributed by atoms with Gasteiger partial charge in [-0.1, -0.05) is 31.2 Å². The van der Waals surface area contributed by atoms with E-state index in [9.17, 15) is 8.42 Å². The van der Waals surface area contributed by atoms with Crippen molar-refractivity contribution in [3.63, 3.8) is 0 Å². The zero-order valence-electron chi connectivity index (χ0n) is 11.4. The van der Waals surface area contributed by atoms with Crippen LogP contribution in [0.3, 0.4) is 0 Å². The topological polar surface area (TPSA) is 70.5 Å². The largest absolute Gasteiger partial charge is 0.395 e. The number of likely N-dealkylation sites (N-methyl/N-ethyl adjacent to an activating group) is 1. The maximum absolute atomic E-state index is 12.4. The Morgan fingerprint density at radius 1 is 1.25 bits per heavy atom. The van der Waals surface area contributed by atoms with Gasteiger partial charge in [-0.25, -0.2) is 8.42 Å². The Hall–Kier alpha value is -1.50. The van der Waals surface area contributed by atoms with Gasteiger partial charge in [-0.3, -0.25) is 4.98 Å². The van der Waals surface area contributed by atoms with Crippen molar-refractivity contribution in [3.8, 4) is 0 Å². The van der Waals surface area contributed by atoms with Crippen molar-refractivity contribution in [2.24, 2.45) is 0 Å². The molecule has 0 aliphatic rings. The van der Waals surface area contributed by atoms with Gasteiger partial charge in [-0.15, -0.1) is 0 Å². The van der Waals surface area contributed by atoms with Gasteiger partial charge in [0.25, 0.3) is 0 Å². The third-order valence-electron chi connectivity index (χ3n) is 3.15. The smallest absolute Gasteiger partial charge is 0.218 e. The molecule has 1 N–H and O–H groups in total. The van der Waals surface area contributed by atoms with E-state index in [1.54, 1.807) is 19.2 Å². The van der Waals surface area contributed by atoms with Crippen molar-refractivity contribution in [2.45, 2.75) is 12.7 Å². The number of hydrogen-bond donors (Lipinski definition) is 1. The van der Waals surface area contributed by atoms with E-state index in [0.717, 1.165) is 5.39 Å². The summed E-state index contributed by atoms with van der Waals surface area (Å²) >= 11 is 0. The van der Waals surface area contributed by atoms with E-state index in [-0.39, 0.29) is 18.9 Å². The second kappa shape index (κ2) is 6.30. The zero-order valence-corrected chi connectivity index (χ0v) is 12.2. The summed E-state index contributed by atoms with van der Waals surface area (Å²) < 4.78 is 26.0. The van der Waals surface area contributed by atoms with E-state index >= 15 is 0 Å². The van der Waals surface area contributed by atoms with E-state index in [1.807, 2.05) is 24.3 Å². The number of sulfonamides is 1. The minimum Gasteiger partial charge on any atom is -0.395 e. The summed E-state index contributed by atoms with van der Waals surface area (Å²) in [6.07, 6.45) is 1.66. The van der Waals surface area contributed by atoms with E-state index in [2.05, 4.69) is 4.98 Å². The van der Waals surface area contributed by atoms with Crippen molar-refractivity contribution in [1.29, 1.82) is 0 Å². The summed E-state index contributed by atoms with van der Waals surface area (Å²) in [6, 6.07) is 9.25. The minimum absolute atomic E-state index is 0.102. The predicted octanol–water partition coefficient (Wildman–Crippen LogP) is 1.38. The van der Waals surface area contributed by atoms with Crippen molar-refractivity contribution < 1.29 is 13.5 Å². The van der Waals surface area contributed by atoms with Gasteiger partial charge in [0.1, 0.15) is 0 Å². The Labute approximate surface area is 118 Å². The first-order valence-corrected chi connectivity index (χ1v) is 8.10. The Bertz CT molecular complexity index is 680. The first-order chi connectivity index (χ1) is 9.58. The molecule has 1 aromatic carbocycles. The lowest BCUT2D eigenvalue weighted by molar-refractivity contribution is 0.257. The summed E-state index contributed by atoms with van der Waals surface area (Å²) in [4.78, 5) is 4.26. The molecule has 0 unspecified atom stereocenters. The van der Waals surface area contributed by atoms with E-state index in [1.165, 1.54) is 4.31 Å². The minimum atomic E-state index is -3.45. The fourth-order valence-corrected chi connectivity index (χ4v) is 3.74. The molecule has 0 bridgehead atoms. The van der Waals surface area contributed by atoms with E-state index in [0.29, 0.717) is 17.6 Å². The lowest BCUT2D eigenvalue weighted by Gasteiger charge is -2.19. The Morgan fingerprint density at radius 2 is 2.00 bits per heavy atom. The van der Waals surface area contributed by atoms with Gasteiger partial charge < -0.3 is 5.11 Å². The third-order valence-corrected chi connectivity index (χ3v) is 5.05. The van der Waals surface area contributed by atoms with Crippen molar-refractivity contribution in [2.75, 3.05) is 19.7 Å². The molecule has 5 nitrogen and oxygen atoms in total. The van der Waals surface area contributed by atoms with Crippen LogP contribution in [0.25, 0.3) is 10.9 Å². The number of para-hydroxylation sites is 1. The molecule has 0 saturated carbocycles. The van der Waals surface area contributed by atoms with Gasteiger partial charge in [0, 0.05) is 24.7 Å². The van der Waals surface area contributed by atoms with Crippen molar-refractivity contribution >= 4 is 20.9 Å². The van der Waals surface area contributed by atoms with Crippen LogP contribution < -0.4 is 0 Å². The monoisotopic (exact) mass is 294 g/mol. The summed E-state index contributed by atoms with van der Waals surface area (Å²) in [5.74, 6) is -0.102. The molecule has 0 radical (unpaired) electrons. The average Bonchev–Trinajstić information content (AvgIpc) is 2.44. The number of aliphatic hydroxyl groups excluding tert-OH is 1. The van der Waals surface area contributed by atoms with Gasteiger partial charge in [-0.05, 0) is 11.6 Å². The highest BCUT2D eigenvalue weighted by molar-refractivity contribution is 7.88. The lowest BCUT2D eigenvalue weighted by Crippen LogP contribution is -2.34. The lowest BCUT2D eigenvalue weighted by atomic mass is 10.1. The second-order valence-corrected chi connectivity index (χ2v) is 6.43. The molecule has 6 heteroatoms. The molecule has 0 fully saturated rings. The number of hydrogen-bond acceptors (Lipinski definition) is 4. The fourth-order valence-electron chi connectivity index (χ4n) is 2.18. The predicted molar refractivity (Wildman–Crippen MR) is 78.7 cm³/mol. The first-order valence-electron chi connectivity index (χ1n) is 6.50. The van der Waals surface area contributed by atoms with Crippen molar-refractivity contribution in [3.05, 3.63) is 42.1 Å². The number of rotatable bonds is 6. The van der Waals surface area contributed by atoms with E-state index < -0.39 is 10.0 Å². The van der Waals surface area contributed by atoms with Crippen molar-refractivity contribution in [1.82, 2.24) is 9.29 Å². The van der Waals surface area contributed by atoms with Crippen LogP contribution >= 0.6 is 0 Å². The van der Waals surface area contributed by atoms with Gasteiger partial charge in [0.15, 0.2) is 0 Å². The fraction of sp³-hybridized carbons (Fsp3) is 0.357. The number of fused-ring (bicyclic) bond motifs is 1. The molecule has 0 atom stereocenters. The molecule has 0 aliphatic heterocycles. The zero-order chi connectivity index (χ0) is 14.6. The van der Waals surface area contributed by atoms with Gasteiger partial charge >= 0.3 is 0 Å². The number of nitrogens with zero attached hydrogens (tertiary/aromatic N) is 2. The number of aromatic nitrogens is 1. The molecule has 0 aliphatic carbocycles. The summed E-state index contributed by atoms with van der Waals surface area (Å²) in [5, 5.41) is 9.87. The highest BCUT2D eigenvalue weighted by Gasteiger charge is 2.21. The molecular weight excluding hydrogens is 276 g/mol. The molecule has 0 spiro atoms. The summed E-state index contributed by atoms with van der Waals surface area (Å²) in [6.45, 7) is 2.05. The standard InChI is InChI=1S/C14H18N2O3S/c1-2-16(9-10-17)20(18,19)11-13-6-3-5-12-7-4-8-15-14(12)13/h3-8,17H,2,9-11H2,1H3. The molecule has 2 aromatic rings. The molecule has 1 aromatic heterocycles. The van der Waals surface area contributed by atoms with Crippen LogP contribution in [0.4, 0.5) is 0 Å². The SMILES string of the molecule is CCN(CCO)S(=O)(=O)Cc1cccc2cccnc12. The normalized spacial score (nSPS) is 12.2. The van der Waals surface area contributed by atoms with Crippen LogP contribution in [0.15, 0.2) is 36.5 Å². The average molecular weight is 294 g/mol. The van der Waals surface area contributed by atoms with Gasteiger partial charge in [0.2, 0.25) is 10.0 Å². The Balaban J connectivity index is 2.36. The maximum atomic E-state index is 12.4. The van der Waals surface area contributed by atoms with Crippen LogP contribution in [0.2, 0.25) is 0 Å². The number of aliphatic hydroxyl groups is 1. The van der Waals surface area contributed by atoms with Gasteiger partial charge in [0.05, 0.1) is 17.9 Å². The number of benzene rings is 1. The molecule has 0 saturated heterocycles. The Kier molecular flexibility index (Phi) is 4.69. The maximum Gasteiger partial charge on any atom is 0.218 e. The molecule has 1 heterocycles.